The van der Waals surface area contributed by atoms with Crippen molar-refractivity contribution >= 4 is 0 Å². The molecule has 32 heavy (non-hydrogen) atoms. The van der Waals surface area contributed by atoms with Gasteiger partial charge in [-0.15, -0.1) is 0 Å². The molecule has 9 heteroatoms. The van der Waals surface area contributed by atoms with E-state index >= 15 is 0 Å². The Kier molecular flexibility index (Phi) is 49.6. The highest BCUT2D eigenvalue weighted by atomic mass is 16.3. The molecule has 0 bridgehead atoms. The van der Waals surface area contributed by atoms with Crippen LogP contribution in [-0.2, 0) is 0 Å². The van der Waals surface area contributed by atoms with E-state index < -0.39 is 0 Å². The summed E-state index contributed by atoms with van der Waals surface area (Å²) in [6.07, 6.45) is 3.55. The Morgan fingerprint density at radius 1 is 0.531 bits per heavy atom. The first-order valence-electron chi connectivity index (χ1n) is 11.6. The van der Waals surface area contributed by atoms with Gasteiger partial charge in [0.15, 0.2) is 0 Å². The van der Waals surface area contributed by atoms with E-state index in [2.05, 4.69) is 6.92 Å². The fraction of sp³-hybridized carbons (Fsp3) is 1.00. The molecule has 0 aromatic carbocycles. The van der Waals surface area contributed by atoms with Gasteiger partial charge in [0.2, 0.25) is 0 Å². The lowest BCUT2D eigenvalue weighted by molar-refractivity contribution is 0.102. The van der Waals surface area contributed by atoms with Crippen LogP contribution in [0.25, 0.3) is 0 Å². The van der Waals surface area contributed by atoms with Crippen molar-refractivity contribution in [3.8, 4) is 0 Å². The molecule has 0 aliphatic heterocycles. The van der Waals surface area contributed by atoms with Crippen molar-refractivity contribution < 1.29 is 46.0 Å². The van der Waals surface area contributed by atoms with Gasteiger partial charge in [0.05, 0.1) is 12.2 Å². The van der Waals surface area contributed by atoms with E-state index in [1.54, 1.807) is 20.8 Å². The van der Waals surface area contributed by atoms with Crippen LogP contribution in [0, 0.1) is 17.8 Å². The molecule has 0 spiro atoms. The van der Waals surface area contributed by atoms with E-state index in [9.17, 15) is 0 Å². The zero-order valence-corrected chi connectivity index (χ0v) is 21.4. The van der Waals surface area contributed by atoms with Crippen molar-refractivity contribution in [2.45, 2.75) is 85.9 Å². The average Bonchev–Trinajstić information content (AvgIpc) is 2.73. The molecule has 2 unspecified atom stereocenters. The average molecular weight is 477 g/mol. The Bertz CT molecular complexity index is 258. The molecular weight excluding hydrogens is 420 g/mol. The lowest BCUT2D eigenvalue weighted by Gasteiger charge is -2.13. The molecule has 0 fully saturated rings. The Hall–Kier alpha value is -0.360. The molecule has 0 aromatic heterocycles. The first-order valence-corrected chi connectivity index (χ1v) is 11.6. The van der Waals surface area contributed by atoms with Crippen molar-refractivity contribution in [1.82, 2.24) is 0 Å². The predicted molar refractivity (Wildman–Crippen MR) is 129 cm³/mol. The summed E-state index contributed by atoms with van der Waals surface area (Å²) in [5, 5.41) is 74.6. The molecule has 0 aromatic rings. The first-order chi connectivity index (χ1) is 15.0. The van der Waals surface area contributed by atoms with Crippen molar-refractivity contribution in [1.29, 1.82) is 0 Å². The van der Waals surface area contributed by atoms with Gasteiger partial charge in [0.1, 0.15) is 0 Å². The summed E-state index contributed by atoms with van der Waals surface area (Å²) in [6.45, 7) is 12.1. The zero-order chi connectivity index (χ0) is 26.4. The molecule has 0 rings (SSSR count). The summed E-state index contributed by atoms with van der Waals surface area (Å²) < 4.78 is 0. The fourth-order valence-corrected chi connectivity index (χ4v) is 1.46. The number of hydrogen-bond acceptors (Lipinski definition) is 9. The molecule has 202 valence electrons. The smallest absolute Gasteiger partial charge is 0.0536 e. The molecule has 9 N–H and O–H groups in total. The Labute approximate surface area is 196 Å². The summed E-state index contributed by atoms with van der Waals surface area (Å²) >= 11 is 0. The standard InChI is InChI=1S/C6H14O2.C5H12O2.C5H12O.C4H10O2.C3H8O2/c1-5(2)6(3-7)4-8;1-4(6)3-5(2)7;1-2-3-4-5-6;1-4(2-5)3-6;4-2-1-3-5/h5-8H,3-4H2,1-2H3;4-7H,3H2,1-2H3;6H,2-5H2,1H3;4-6H,2-3H2,1H3;4-5H,1-3H2. The van der Waals surface area contributed by atoms with Crippen LogP contribution >= 0.6 is 0 Å². The first kappa shape index (κ1) is 41.9. The van der Waals surface area contributed by atoms with Crippen molar-refractivity contribution in [3.63, 3.8) is 0 Å². The third kappa shape index (κ3) is 57.1. The molecule has 0 aliphatic rings. The van der Waals surface area contributed by atoms with Crippen LogP contribution in [0.3, 0.4) is 0 Å². The molecule has 0 saturated heterocycles. The van der Waals surface area contributed by atoms with E-state index in [4.69, 9.17) is 46.0 Å². The number of aliphatic hydroxyl groups excluding tert-OH is 9. The highest BCUT2D eigenvalue weighted by Crippen LogP contribution is 2.07. The number of hydrogen-bond donors (Lipinski definition) is 9. The van der Waals surface area contributed by atoms with Gasteiger partial charge in [0.25, 0.3) is 0 Å². The molecule has 0 saturated carbocycles. The Balaban J connectivity index is -0.0000000958. The third-order valence-electron chi connectivity index (χ3n) is 3.80. The second-order valence-electron chi connectivity index (χ2n) is 8.00. The van der Waals surface area contributed by atoms with E-state index in [0.717, 1.165) is 12.8 Å². The Morgan fingerprint density at radius 2 is 0.906 bits per heavy atom. The van der Waals surface area contributed by atoms with Crippen molar-refractivity contribution in [3.05, 3.63) is 0 Å². The van der Waals surface area contributed by atoms with Crippen LogP contribution in [0.1, 0.15) is 73.6 Å². The molecule has 0 aliphatic carbocycles. The maximum absolute atomic E-state index is 8.56. The topological polar surface area (TPSA) is 182 Å². The minimum Gasteiger partial charge on any atom is -0.396 e. The van der Waals surface area contributed by atoms with Crippen molar-refractivity contribution in [2.75, 3.05) is 46.2 Å². The molecule has 0 radical (unpaired) electrons. The molecule has 0 amide bonds. The summed E-state index contributed by atoms with van der Waals surface area (Å²) in [5.74, 6) is 0.491. The van der Waals surface area contributed by atoms with Gasteiger partial charge in [-0.1, -0.05) is 40.5 Å². The maximum atomic E-state index is 8.56. The molecule has 2 atom stereocenters. The largest absolute Gasteiger partial charge is 0.396 e. The third-order valence-corrected chi connectivity index (χ3v) is 3.80. The number of aliphatic hydroxyl groups is 9. The normalized spacial score (nSPS) is 11.8. The van der Waals surface area contributed by atoms with Crippen LogP contribution < -0.4 is 0 Å². The van der Waals surface area contributed by atoms with Gasteiger partial charge < -0.3 is 46.0 Å². The zero-order valence-electron chi connectivity index (χ0n) is 21.4. The highest BCUT2D eigenvalue weighted by Gasteiger charge is 2.08. The summed E-state index contributed by atoms with van der Waals surface area (Å²) in [4.78, 5) is 0. The van der Waals surface area contributed by atoms with Crippen LogP contribution in [0.5, 0.6) is 0 Å². The number of unbranched alkanes of at least 4 members (excludes halogenated alkanes) is 2. The van der Waals surface area contributed by atoms with Crippen LogP contribution in [0.2, 0.25) is 0 Å². The van der Waals surface area contributed by atoms with E-state index in [1.165, 1.54) is 6.42 Å². The van der Waals surface area contributed by atoms with E-state index in [0.29, 0.717) is 25.4 Å². The molecule has 0 heterocycles. The van der Waals surface area contributed by atoms with Gasteiger partial charge in [-0.25, -0.2) is 0 Å². The van der Waals surface area contributed by atoms with Crippen LogP contribution in [-0.4, -0.2) is 104 Å². The Morgan fingerprint density at radius 3 is 0.938 bits per heavy atom. The van der Waals surface area contributed by atoms with E-state index in [-0.39, 0.29) is 63.7 Å². The molecule has 9 nitrogen and oxygen atoms in total. The maximum Gasteiger partial charge on any atom is 0.0536 e. The second-order valence-corrected chi connectivity index (χ2v) is 8.00. The van der Waals surface area contributed by atoms with Gasteiger partial charge in [-0.2, -0.15) is 0 Å². The quantitative estimate of drug-likeness (QED) is 0.181. The fourth-order valence-electron chi connectivity index (χ4n) is 1.46. The highest BCUT2D eigenvalue weighted by molar-refractivity contribution is 4.58. The van der Waals surface area contributed by atoms with Gasteiger partial charge in [0, 0.05) is 58.1 Å². The van der Waals surface area contributed by atoms with Crippen LogP contribution in [0.4, 0.5) is 0 Å². The van der Waals surface area contributed by atoms with Crippen molar-refractivity contribution in [2.24, 2.45) is 17.8 Å². The van der Waals surface area contributed by atoms with Gasteiger partial charge in [-0.05, 0) is 39.0 Å². The lowest BCUT2D eigenvalue weighted by atomic mass is 9.98. The lowest BCUT2D eigenvalue weighted by Crippen LogP contribution is -2.17. The van der Waals surface area contributed by atoms with Gasteiger partial charge in [-0.3, -0.25) is 0 Å². The SMILES string of the molecule is CC(C)C(CO)CO.CC(CO)CO.CC(O)CC(C)O.CCCCCO.OCCCO. The molecular formula is C23H56O9. The summed E-state index contributed by atoms with van der Waals surface area (Å²) in [6, 6.07) is 0. The van der Waals surface area contributed by atoms with Gasteiger partial charge >= 0.3 is 0 Å². The monoisotopic (exact) mass is 476 g/mol. The van der Waals surface area contributed by atoms with Crippen LogP contribution in [0.15, 0.2) is 0 Å². The predicted octanol–water partition coefficient (Wildman–Crippen LogP) is 0.518. The second kappa shape index (κ2) is 37.9. The summed E-state index contributed by atoms with van der Waals surface area (Å²) in [7, 11) is 0. The minimum atomic E-state index is -0.375. The minimum absolute atomic E-state index is 0.0463. The summed E-state index contributed by atoms with van der Waals surface area (Å²) in [5.41, 5.74) is 0. The number of rotatable bonds is 12. The van der Waals surface area contributed by atoms with E-state index in [1.807, 2.05) is 13.8 Å².